The summed E-state index contributed by atoms with van der Waals surface area (Å²) < 4.78 is 4.92. The summed E-state index contributed by atoms with van der Waals surface area (Å²) in [5.41, 5.74) is 1.98. The smallest absolute Gasteiger partial charge is 0.330 e. The molecule has 2 rings (SSSR count). The SMILES string of the molecule is CCOC(=O)/C=C/[C@H](Nc1ccc(Cl)cc1)c1ccccc1. The van der Waals surface area contributed by atoms with E-state index >= 15 is 0 Å². The van der Waals surface area contributed by atoms with E-state index in [2.05, 4.69) is 5.32 Å². The number of hydrogen-bond donors (Lipinski definition) is 1. The first-order chi connectivity index (χ1) is 10.7. The minimum Gasteiger partial charge on any atom is -0.463 e. The lowest BCUT2D eigenvalue weighted by atomic mass is 10.1. The number of benzene rings is 2. The number of ether oxygens (including phenoxy) is 1. The number of rotatable bonds is 6. The molecule has 0 aliphatic carbocycles. The third-order valence-electron chi connectivity index (χ3n) is 3.04. The first-order valence-electron chi connectivity index (χ1n) is 7.11. The molecule has 114 valence electrons. The van der Waals surface area contributed by atoms with E-state index in [4.69, 9.17) is 16.3 Å². The molecular formula is C18H18ClNO2. The van der Waals surface area contributed by atoms with Crippen LogP contribution in [0.15, 0.2) is 66.7 Å². The van der Waals surface area contributed by atoms with Gasteiger partial charge in [-0.05, 0) is 36.8 Å². The average Bonchev–Trinajstić information content (AvgIpc) is 2.54. The third kappa shape index (κ3) is 4.93. The Balaban J connectivity index is 2.18. The lowest BCUT2D eigenvalue weighted by Crippen LogP contribution is -2.09. The van der Waals surface area contributed by atoms with Gasteiger partial charge in [0, 0.05) is 16.8 Å². The quantitative estimate of drug-likeness (QED) is 0.625. The van der Waals surface area contributed by atoms with Crippen molar-refractivity contribution in [2.45, 2.75) is 13.0 Å². The van der Waals surface area contributed by atoms with E-state index in [0.29, 0.717) is 11.6 Å². The van der Waals surface area contributed by atoms with E-state index in [1.165, 1.54) is 6.08 Å². The van der Waals surface area contributed by atoms with Crippen molar-refractivity contribution >= 4 is 23.3 Å². The summed E-state index contributed by atoms with van der Waals surface area (Å²) in [7, 11) is 0. The maximum atomic E-state index is 11.5. The molecule has 0 aliphatic heterocycles. The summed E-state index contributed by atoms with van der Waals surface area (Å²) in [6, 6.07) is 17.2. The Morgan fingerprint density at radius 3 is 2.50 bits per heavy atom. The van der Waals surface area contributed by atoms with Crippen molar-refractivity contribution in [3.05, 3.63) is 77.3 Å². The number of esters is 1. The van der Waals surface area contributed by atoms with Crippen LogP contribution in [-0.4, -0.2) is 12.6 Å². The van der Waals surface area contributed by atoms with E-state index < -0.39 is 0 Å². The van der Waals surface area contributed by atoms with Crippen LogP contribution in [0.25, 0.3) is 0 Å². The summed E-state index contributed by atoms with van der Waals surface area (Å²) in [6.07, 6.45) is 3.24. The molecule has 0 saturated heterocycles. The van der Waals surface area contributed by atoms with E-state index in [1.807, 2.05) is 54.6 Å². The van der Waals surface area contributed by atoms with Crippen LogP contribution in [0.3, 0.4) is 0 Å². The first kappa shape index (κ1) is 16.1. The van der Waals surface area contributed by atoms with Crippen molar-refractivity contribution in [3.63, 3.8) is 0 Å². The second kappa shape index (κ2) is 8.25. The highest BCUT2D eigenvalue weighted by molar-refractivity contribution is 6.30. The van der Waals surface area contributed by atoms with Gasteiger partial charge in [0.25, 0.3) is 0 Å². The minimum atomic E-state index is -0.346. The van der Waals surface area contributed by atoms with E-state index in [1.54, 1.807) is 13.0 Å². The summed E-state index contributed by atoms with van der Waals surface area (Å²) in [5, 5.41) is 4.05. The van der Waals surface area contributed by atoms with Crippen LogP contribution in [0.5, 0.6) is 0 Å². The standard InChI is InChI=1S/C18H18ClNO2/c1-2-22-18(21)13-12-17(14-6-4-3-5-7-14)20-16-10-8-15(19)9-11-16/h3-13,17,20H,2H2,1H3/b13-12+/t17-/m0/s1. The van der Waals surface area contributed by atoms with Crippen LogP contribution < -0.4 is 5.32 Å². The zero-order chi connectivity index (χ0) is 15.8. The zero-order valence-corrected chi connectivity index (χ0v) is 13.1. The Bertz CT molecular complexity index is 623. The maximum absolute atomic E-state index is 11.5. The fraction of sp³-hybridized carbons (Fsp3) is 0.167. The van der Waals surface area contributed by atoms with Gasteiger partial charge in [-0.3, -0.25) is 0 Å². The Hall–Kier alpha value is -2.26. The first-order valence-corrected chi connectivity index (χ1v) is 7.49. The molecule has 0 bridgehead atoms. The van der Waals surface area contributed by atoms with Gasteiger partial charge < -0.3 is 10.1 Å². The van der Waals surface area contributed by atoms with Gasteiger partial charge in [-0.1, -0.05) is 48.0 Å². The van der Waals surface area contributed by atoms with Crippen molar-refractivity contribution < 1.29 is 9.53 Å². The highest BCUT2D eigenvalue weighted by atomic mass is 35.5. The van der Waals surface area contributed by atoms with Gasteiger partial charge in [-0.15, -0.1) is 0 Å². The Kier molecular flexibility index (Phi) is 6.04. The molecule has 4 heteroatoms. The third-order valence-corrected chi connectivity index (χ3v) is 3.29. The normalized spacial score (nSPS) is 12.1. The summed E-state index contributed by atoms with van der Waals surface area (Å²) >= 11 is 5.90. The van der Waals surface area contributed by atoms with E-state index in [0.717, 1.165) is 11.3 Å². The molecule has 1 atom stereocenters. The van der Waals surface area contributed by atoms with Crippen LogP contribution >= 0.6 is 11.6 Å². The Morgan fingerprint density at radius 1 is 1.18 bits per heavy atom. The molecular weight excluding hydrogens is 298 g/mol. The molecule has 0 aromatic heterocycles. The molecule has 0 aliphatic rings. The zero-order valence-electron chi connectivity index (χ0n) is 12.3. The fourth-order valence-corrected chi connectivity index (χ4v) is 2.12. The number of nitrogens with one attached hydrogen (secondary N) is 1. The molecule has 3 nitrogen and oxygen atoms in total. The van der Waals surface area contributed by atoms with Crippen molar-refractivity contribution in [2.24, 2.45) is 0 Å². The maximum Gasteiger partial charge on any atom is 0.330 e. The number of hydrogen-bond acceptors (Lipinski definition) is 3. The molecule has 1 N–H and O–H groups in total. The molecule has 22 heavy (non-hydrogen) atoms. The largest absolute Gasteiger partial charge is 0.463 e. The van der Waals surface area contributed by atoms with Crippen molar-refractivity contribution in [1.82, 2.24) is 0 Å². The highest BCUT2D eigenvalue weighted by Gasteiger charge is 2.08. The molecule has 0 saturated carbocycles. The van der Waals surface area contributed by atoms with Crippen LogP contribution in [-0.2, 0) is 9.53 Å². The molecule has 0 unspecified atom stereocenters. The number of halogens is 1. The van der Waals surface area contributed by atoms with Crippen LogP contribution in [0.1, 0.15) is 18.5 Å². The Morgan fingerprint density at radius 2 is 1.86 bits per heavy atom. The second-order valence-corrected chi connectivity index (χ2v) is 5.09. The molecule has 0 fully saturated rings. The van der Waals surface area contributed by atoms with Gasteiger partial charge in [-0.25, -0.2) is 4.79 Å². The van der Waals surface area contributed by atoms with E-state index in [-0.39, 0.29) is 12.0 Å². The van der Waals surface area contributed by atoms with Crippen LogP contribution in [0.2, 0.25) is 5.02 Å². The van der Waals surface area contributed by atoms with Crippen molar-refractivity contribution in [1.29, 1.82) is 0 Å². The monoisotopic (exact) mass is 315 g/mol. The highest BCUT2D eigenvalue weighted by Crippen LogP contribution is 2.22. The average molecular weight is 316 g/mol. The second-order valence-electron chi connectivity index (χ2n) is 4.65. The number of carbonyl (C=O) groups is 1. The minimum absolute atomic E-state index is 0.133. The van der Waals surface area contributed by atoms with Crippen LogP contribution in [0, 0.1) is 0 Å². The molecule has 0 spiro atoms. The van der Waals surface area contributed by atoms with Crippen LogP contribution in [0.4, 0.5) is 5.69 Å². The van der Waals surface area contributed by atoms with Gasteiger partial charge in [-0.2, -0.15) is 0 Å². The molecule has 0 heterocycles. The lowest BCUT2D eigenvalue weighted by molar-refractivity contribution is -0.137. The summed E-state index contributed by atoms with van der Waals surface area (Å²) in [4.78, 5) is 11.5. The van der Waals surface area contributed by atoms with E-state index in [9.17, 15) is 4.79 Å². The number of carbonyl (C=O) groups excluding carboxylic acids is 1. The van der Waals surface area contributed by atoms with Gasteiger partial charge in [0.15, 0.2) is 0 Å². The summed E-state index contributed by atoms with van der Waals surface area (Å²) in [5.74, 6) is -0.346. The van der Waals surface area contributed by atoms with Gasteiger partial charge in [0.1, 0.15) is 0 Å². The predicted molar refractivity (Wildman–Crippen MR) is 90.0 cm³/mol. The fourth-order valence-electron chi connectivity index (χ4n) is 1.99. The van der Waals surface area contributed by atoms with Crippen molar-refractivity contribution in [2.75, 3.05) is 11.9 Å². The summed E-state index contributed by atoms with van der Waals surface area (Å²) in [6.45, 7) is 2.15. The van der Waals surface area contributed by atoms with Gasteiger partial charge in [0.05, 0.1) is 12.6 Å². The number of anilines is 1. The molecule has 0 radical (unpaired) electrons. The topological polar surface area (TPSA) is 38.3 Å². The van der Waals surface area contributed by atoms with Gasteiger partial charge >= 0.3 is 5.97 Å². The van der Waals surface area contributed by atoms with Crippen molar-refractivity contribution in [3.8, 4) is 0 Å². The predicted octanol–water partition coefficient (Wildman–Crippen LogP) is 4.61. The molecule has 2 aromatic carbocycles. The molecule has 0 amide bonds. The van der Waals surface area contributed by atoms with Gasteiger partial charge in [0.2, 0.25) is 0 Å². The Labute approximate surface area is 135 Å². The lowest BCUT2D eigenvalue weighted by Gasteiger charge is -2.17. The molecule has 2 aromatic rings.